The van der Waals surface area contributed by atoms with Crippen LogP contribution in [0.15, 0.2) is 6.07 Å². The SMILES string of the molecule is Cc1cc(N[C@@H](C)CSC(C)(C)C)n(C)n1. The van der Waals surface area contributed by atoms with Gasteiger partial charge in [-0.05, 0) is 13.8 Å². The molecule has 1 aromatic rings. The molecule has 92 valence electrons. The van der Waals surface area contributed by atoms with Crippen molar-refractivity contribution in [2.45, 2.75) is 45.4 Å². The van der Waals surface area contributed by atoms with E-state index in [2.05, 4.69) is 44.2 Å². The molecule has 0 saturated carbocycles. The third-order valence-corrected chi connectivity index (χ3v) is 3.70. The van der Waals surface area contributed by atoms with E-state index >= 15 is 0 Å². The van der Waals surface area contributed by atoms with Crippen LogP contribution >= 0.6 is 11.8 Å². The Kier molecular flexibility index (Phi) is 4.30. The van der Waals surface area contributed by atoms with Gasteiger partial charge in [-0.15, -0.1) is 0 Å². The van der Waals surface area contributed by atoms with Gasteiger partial charge in [0.05, 0.1) is 5.69 Å². The molecule has 0 radical (unpaired) electrons. The molecule has 0 fully saturated rings. The van der Waals surface area contributed by atoms with Crippen LogP contribution in [0.25, 0.3) is 0 Å². The first kappa shape index (κ1) is 13.4. The zero-order chi connectivity index (χ0) is 12.3. The van der Waals surface area contributed by atoms with Gasteiger partial charge in [0, 0.05) is 29.7 Å². The maximum atomic E-state index is 4.32. The zero-order valence-electron chi connectivity index (χ0n) is 11.2. The molecule has 1 heterocycles. The quantitative estimate of drug-likeness (QED) is 0.878. The Bertz CT molecular complexity index is 339. The molecule has 0 aliphatic heterocycles. The second kappa shape index (κ2) is 5.13. The summed E-state index contributed by atoms with van der Waals surface area (Å²) < 4.78 is 2.23. The number of nitrogens with one attached hydrogen (secondary N) is 1. The van der Waals surface area contributed by atoms with E-state index in [1.807, 2.05) is 30.4 Å². The van der Waals surface area contributed by atoms with Crippen LogP contribution in [0, 0.1) is 6.92 Å². The fraction of sp³-hybridized carbons (Fsp3) is 0.750. The van der Waals surface area contributed by atoms with Gasteiger partial charge in [-0.3, -0.25) is 4.68 Å². The van der Waals surface area contributed by atoms with E-state index in [-0.39, 0.29) is 0 Å². The molecule has 0 aliphatic rings. The molecule has 16 heavy (non-hydrogen) atoms. The van der Waals surface area contributed by atoms with E-state index < -0.39 is 0 Å². The highest BCUT2D eigenvalue weighted by Gasteiger charge is 2.13. The fourth-order valence-corrected chi connectivity index (χ4v) is 2.25. The summed E-state index contributed by atoms with van der Waals surface area (Å²) in [5.41, 5.74) is 1.06. The molecule has 1 N–H and O–H groups in total. The second-order valence-corrected chi connectivity index (χ2v) is 7.11. The van der Waals surface area contributed by atoms with Gasteiger partial charge in [0.1, 0.15) is 5.82 Å². The number of hydrogen-bond acceptors (Lipinski definition) is 3. The summed E-state index contributed by atoms with van der Waals surface area (Å²) >= 11 is 1.98. The van der Waals surface area contributed by atoms with Gasteiger partial charge < -0.3 is 5.32 Å². The molecule has 3 nitrogen and oxygen atoms in total. The Morgan fingerprint density at radius 2 is 2.12 bits per heavy atom. The molecule has 4 heteroatoms. The van der Waals surface area contributed by atoms with Crippen molar-refractivity contribution in [3.8, 4) is 0 Å². The molecule has 0 saturated heterocycles. The first-order valence-corrected chi connectivity index (χ1v) is 6.67. The summed E-state index contributed by atoms with van der Waals surface area (Å²) in [6, 6.07) is 2.54. The Balaban J connectivity index is 2.45. The molecule has 0 spiro atoms. The van der Waals surface area contributed by atoms with Gasteiger partial charge in [-0.25, -0.2) is 0 Å². The Morgan fingerprint density at radius 1 is 1.50 bits per heavy atom. The standard InChI is InChI=1S/C12H23N3S/c1-9-7-11(15(6)14-9)13-10(2)8-16-12(3,4)5/h7,10,13H,8H2,1-6H3/t10-/m0/s1. The minimum absolute atomic E-state index is 0.332. The third-order valence-electron chi connectivity index (χ3n) is 2.16. The van der Waals surface area contributed by atoms with Crippen molar-refractivity contribution >= 4 is 17.6 Å². The van der Waals surface area contributed by atoms with Crippen LogP contribution in [0.1, 0.15) is 33.4 Å². The zero-order valence-corrected chi connectivity index (χ0v) is 12.0. The second-order valence-electron chi connectivity index (χ2n) is 5.26. The first-order valence-electron chi connectivity index (χ1n) is 5.69. The molecule has 1 rings (SSSR count). The lowest BCUT2D eigenvalue weighted by Gasteiger charge is -2.21. The number of rotatable bonds is 4. The van der Waals surface area contributed by atoms with Crippen molar-refractivity contribution in [2.75, 3.05) is 11.1 Å². The highest BCUT2D eigenvalue weighted by molar-refractivity contribution is 8.00. The lowest BCUT2D eigenvalue weighted by Crippen LogP contribution is -2.22. The number of thioether (sulfide) groups is 1. The van der Waals surface area contributed by atoms with Crippen LogP contribution in [0.2, 0.25) is 0 Å². The van der Waals surface area contributed by atoms with Crippen LogP contribution in [-0.2, 0) is 7.05 Å². The predicted molar refractivity (Wildman–Crippen MR) is 73.2 cm³/mol. The van der Waals surface area contributed by atoms with Crippen molar-refractivity contribution in [1.29, 1.82) is 0 Å². The van der Waals surface area contributed by atoms with Crippen LogP contribution < -0.4 is 5.32 Å². The van der Waals surface area contributed by atoms with Crippen LogP contribution in [-0.4, -0.2) is 26.3 Å². The highest BCUT2D eigenvalue weighted by Crippen LogP contribution is 2.24. The molecular weight excluding hydrogens is 218 g/mol. The minimum Gasteiger partial charge on any atom is -0.367 e. The summed E-state index contributed by atoms with van der Waals surface area (Å²) in [6.07, 6.45) is 0. The Hall–Kier alpha value is -0.640. The minimum atomic E-state index is 0.332. The monoisotopic (exact) mass is 241 g/mol. The average Bonchev–Trinajstić information content (AvgIpc) is 2.41. The maximum absolute atomic E-state index is 4.32. The van der Waals surface area contributed by atoms with Crippen molar-refractivity contribution in [2.24, 2.45) is 7.05 Å². The van der Waals surface area contributed by atoms with Crippen LogP contribution in [0.3, 0.4) is 0 Å². The Morgan fingerprint density at radius 3 is 2.56 bits per heavy atom. The first-order chi connectivity index (χ1) is 7.28. The van der Waals surface area contributed by atoms with Gasteiger partial charge >= 0.3 is 0 Å². The predicted octanol–water partition coefficient (Wildman–Crippen LogP) is 3.06. The van der Waals surface area contributed by atoms with Crippen molar-refractivity contribution in [1.82, 2.24) is 9.78 Å². The molecule has 0 amide bonds. The van der Waals surface area contributed by atoms with E-state index in [1.54, 1.807) is 0 Å². The highest BCUT2D eigenvalue weighted by atomic mass is 32.2. The van der Waals surface area contributed by atoms with E-state index in [9.17, 15) is 0 Å². The normalized spacial score (nSPS) is 13.9. The summed E-state index contributed by atoms with van der Waals surface area (Å²) in [4.78, 5) is 0. The average molecular weight is 241 g/mol. The van der Waals surface area contributed by atoms with E-state index in [1.165, 1.54) is 0 Å². The summed E-state index contributed by atoms with van der Waals surface area (Å²) in [5.74, 6) is 2.20. The van der Waals surface area contributed by atoms with E-state index in [0.717, 1.165) is 17.3 Å². The smallest absolute Gasteiger partial charge is 0.124 e. The molecule has 0 unspecified atom stereocenters. The summed E-state index contributed by atoms with van der Waals surface area (Å²) in [7, 11) is 1.97. The topological polar surface area (TPSA) is 29.9 Å². The number of nitrogens with zero attached hydrogens (tertiary/aromatic N) is 2. The number of hydrogen-bond donors (Lipinski definition) is 1. The van der Waals surface area contributed by atoms with E-state index in [0.29, 0.717) is 10.8 Å². The number of anilines is 1. The number of aromatic nitrogens is 2. The largest absolute Gasteiger partial charge is 0.367 e. The van der Waals surface area contributed by atoms with Gasteiger partial charge in [-0.2, -0.15) is 16.9 Å². The lowest BCUT2D eigenvalue weighted by molar-refractivity contribution is 0.744. The van der Waals surface area contributed by atoms with Gasteiger partial charge in [0.15, 0.2) is 0 Å². The lowest BCUT2D eigenvalue weighted by atomic mass is 10.3. The van der Waals surface area contributed by atoms with Gasteiger partial charge in [0.2, 0.25) is 0 Å². The van der Waals surface area contributed by atoms with Gasteiger partial charge in [0.25, 0.3) is 0 Å². The molecule has 0 bridgehead atoms. The Labute approximate surface area is 103 Å². The molecule has 1 aromatic heterocycles. The molecular formula is C12H23N3S. The van der Waals surface area contributed by atoms with Crippen LogP contribution in [0.4, 0.5) is 5.82 Å². The van der Waals surface area contributed by atoms with Crippen molar-refractivity contribution in [3.05, 3.63) is 11.8 Å². The van der Waals surface area contributed by atoms with Crippen molar-refractivity contribution < 1.29 is 0 Å². The summed E-state index contributed by atoms with van der Waals surface area (Å²) in [5, 5.41) is 7.80. The molecule has 0 aliphatic carbocycles. The van der Waals surface area contributed by atoms with Crippen molar-refractivity contribution in [3.63, 3.8) is 0 Å². The van der Waals surface area contributed by atoms with E-state index in [4.69, 9.17) is 0 Å². The molecule has 1 atom stereocenters. The molecule has 0 aromatic carbocycles. The maximum Gasteiger partial charge on any atom is 0.124 e. The fourth-order valence-electron chi connectivity index (χ4n) is 1.41. The van der Waals surface area contributed by atoms with Crippen LogP contribution in [0.5, 0.6) is 0 Å². The number of aryl methyl sites for hydroxylation is 2. The third kappa shape index (κ3) is 4.47. The summed E-state index contributed by atoms with van der Waals surface area (Å²) in [6.45, 7) is 11.0. The van der Waals surface area contributed by atoms with Gasteiger partial charge in [-0.1, -0.05) is 20.8 Å².